The summed E-state index contributed by atoms with van der Waals surface area (Å²) in [6, 6.07) is 10.1. The molecule has 1 saturated heterocycles. The van der Waals surface area contributed by atoms with Crippen molar-refractivity contribution in [2.24, 2.45) is 0 Å². The van der Waals surface area contributed by atoms with Crippen LogP contribution in [0.1, 0.15) is 18.4 Å². The number of nitrogens with zero attached hydrogens (tertiary/aromatic N) is 3. The zero-order valence-corrected chi connectivity index (χ0v) is 14.5. The minimum Gasteiger partial charge on any atom is -0.338 e. The number of hydrogen-bond acceptors (Lipinski definition) is 3. The standard InChI is InChI=1S/C18H30N4O/c1-20-12-14-22(15-13-20)11-7-6-10-19-18(23)21(2)16-17-8-4-3-5-9-17/h3-5,8-9H,6-7,10-16H2,1-2H3,(H,19,23). The summed E-state index contributed by atoms with van der Waals surface area (Å²) in [6.07, 6.45) is 2.18. The van der Waals surface area contributed by atoms with E-state index in [9.17, 15) is 4.79 Å². The quantitative estimate of drug-likeness (QED) is 0.780. The van der Waals surface area contributed by atoms with Gasteiger partial charge in [-0.3, -0.25) is 0 Å². The molecule has 23 heavy (non-hydrogen) atoms. The fraction of sp³-hybridized carbons (Fsp3) is 0.611. The van der Waals surface area contributed by atoms with Crippen LogP contribution in [0.4, 0.5) is 4.79 Å². The largest absolute Gasteiger partial charge is 0.338 e. The number of hydrogen-bond donors (Lipinski definition) is 1. The Kier molecular flexibility index (Phi) is 7.36. The topological polar surface area (TPSA) is 38.8 Å². The van der Waals surface area contributed by atoms with Crippen LogP contribution in [0.25, 0.3) is 0 Å². The molecule has 0 radical (unpaired) electrons. The molecule has 1 aromatic rings. The van der Waals surface area contributed by atoms with Gasteiger partial charge in [0.25, 0.3) is 0 Å². The maximum atomic E-state index is 12.0. The summed E-state index contributed by atoms with van der Waals surface area (Å²) in [5.41, 5.74) is 1.15. The van der Waals surface area contributed by atoms with E-state index in [1.54, 1.807) is 4.90 Å². The van der Waals surface area contributed by atoms with Crippen molar-refractivity contribution < 1.29 is 4.79 Å². The molecule has 1 N–H and O–H groups in total. The highest BCUT2D eigenvalue weighted by Crippen LogP contribution is 2.03. The normalized spacial score (nSPS) is 16.3. The van der Waals surface area contributed by atoms with Crippen LogP contribution < -0.4 is 5.32 Å². The number of likely N-dealkylation sites (N-methyl/N-ethyl adjacent to an activating group) is 1. The molecule has 0 aliphatic carbocycles. The predicted molar refractivity (Wildman–Crippen MR) is 94.5 cm³/mol. The highest BCUT2D eigenvalue weighted by Gasteiger charge is 2.13. The van der Waals surface area contributed by atoms with Gasteiger partial charge < -0.3 is 20.0 Å². The van der Waals surface area contributed by atoms with E-state index >= 15 is 0 Å². The summed E-state index contributed by atoms with van der Waals surface area (Å²) in [6.45, 7) is 7.22. The summed E-state index contributed by atoms with van der Waals surface area (Å²) in [5.74, 6) is 0. The van der Waals surface area contributed by atoms with Crippen LogP contribution in [0.5, 0.6) is 0 Å². The van der Waals surface area contributed by atoms with E-state index in [0.717, 1.165) is 31.5 Å². The molecule has 1 heterocycles. The molecule has 1 aliphatic rings. The van der Waals surface area contributed by atoms with E-state index in [2.05, 4.69) is 22.2 Å². The molecule has 5 heteroatoms. The van der Waals surface area contributed by atoms with Gasteiger partial charge in [0.2, 0.25) is 0 Å². The van der Waals surface area contributed by atoms with Crippen molar-refractivity contribution in [2.75, 3.05) is 53.4 Å². The van der Waals surface area contributed by atoms with E-state index < -0.39 is 0 Å². The number of carbonyl (C=O) groups excluding carboxylic acids is 1. The third-order valence-corrected chi connectivity index (χ3v) is 4.38. The van der Waals surface area contributed by atoms with E-state index in [1.807, 2.05) is 37.4 Å². The fourth-order valence-corrected chi connectivity index (χ4v) is 2.79. The zero-order valence-electron chi connectivity index (χ0n) is 14.5. The van der Waals surface area contributed by atoms with Crippen molar-refractivity contribution in [3.05, 3.63) is 35.9 Å². The van der Waals surface area contributed by atoms with Crippen molar-refractivity contribution in [1.29, 1.82) is 0 Å². The van der Waals surface area contributed by atoms with Crippen LogP contribution in [0.2, 0.25) is 0 Å². The number of piperazine rings is 1. The smallest absolute Gasteiger partial charge is 0.317 e. The second kappa shape index (κ2) is 9.53. The van der Waals surface area contributed by atoms with Gasteiger partial charge in [-0.15, -0.1) is 0 Å². The predicted octanol–water partition coefficient (Wildman–Crippen LogP) is 1.86. The molecule has 0 unspecified atom stereocenters. The highest BCUT2D eigenvalue weighted by atomic mass is 16.2. The van der Waals surface area contributed by atoms with Gasteiger partial charge in [-0.25, -0.2) is 4.79 Å². The summed E-state index contributed by atoms with van der Waals surface area (Å²) in [5, 5.41) is 3.01. The van der Waals surface area contributed by atoms with Gasteiger partial charge >= 0.3 is 6.03 Å². The highest BCUT2D eigenvalue weighted by molar-refractivity contribution is 5.73. The van der Waals surface area contributed by atoms with Gasteiger partial charge in [0.1, 0.15) is 0 Å². The molecule has 128 valence electrons. The fourth-order valence-electron chi connectivity index (χ4n) is 2.79. The van der Waals surface area contributed by atoms with Gasteiger partial charge in [-0.1, -0.05) is 30.3 Å². The summed E-state index contributed by atoms with van der Waals surface area (Å²) < 4.78 is 0. The third kappa shape index (κ3) is 6.59. The number of benzene rings is 1. The van der Waals surface area contributed by atoms with Gasteiger partial charge in [0.15, 0.2) is 0 Å². The Labute approximate surface area is 140 Å². The lowest BCUT2D eigenvalue weighted by molar-refractivity contribution is 0.152. The van der Waals surface area contributed by atoms with E-state index in [4.69, 9.17) is 0 Å². The monoisotopic (exact) mass is 318 g/mol. The summed E-state index contributed by atoms with van der Waals surface area (Å²) in [4.78, 5) is 18.7. The Hall–Kier alpha value is -1.59. The molecule has 0 saturated carbocycles. The summed E-state index contributed by atoms with van der Waals surface area (Å²) in [7, 11) is 4.02. The first-order valence-electron chi connectivity index (χ1n) is 8.59. The first-order valence-corrected chi connectivity index (χ1v) is 8.59. The second-order valence-corrected chi connectivity index (χ2v) is 6.43. The molecule has 0 spiro atoms. The lowest BCUT2D eigenvalue weighted by Gasteiger charge is -2.32. The van der Waals surface area contributed by atoms with E-state index in [1.165, 1.54) is 26.2 Å². The molecule has 1 aliphatic heterocycles. The average Bonchev–Trinajstić information content (AvgIpc) is 2.57. The Morgan fingerprint density at radius 1 is 1.13 bits per heavy atom. The number of rotatable bonds is 7. The van der Waals surface area contributed by atoms with Crippen LogP contribution in [-0.4, -0.2) is 74.1 Å². The van der Waals surface area contributed by atoms with Crippen molar-refractivity contribution >= 4 is 6.03 Å². The Morgan fingerprint density at radius 3 is 2.52 bits per heavy atom. The lowest BCUT2D eigenvalue weighted by Crippen LogP contribution is -2.44. The van der Waals surface area contributed by atoms with Crippen molar-refractivity contribution in [1.82, 2.24) is 20.0 Å². The molecule has 1 aromatic carbocycles. The molecular weight excluding hydrogens is 288 g/mol. The van der Waals surface area contributed by atoms with Crippen molar-refractivity contribution in [3.8, 4) is 0 Å². The molecular formula is C18H30N4O. The summed E-state index contributed by atoms with van der Waals surface area (Å²) >= 11 is 0. The SMILES string of the molecule is CN1CCN(CCCCNC(=O)N(C)Cc2ccccc2)CC1. The molecule has 0 aromatic heterocycles. The molecule has 2 rings (SSSR count). The second-order valence-electron chi connectivity index (χ2n) is 6.43. The molecule has 2 amide bonds. The molecule has 1 fully saturated rings. The first-order chi connectivity index (χ1) is 11.1. The molecule has 0 bridgehead atoms. The number of unbranched alkanes of at least 4 members (excludes halogenated alkanes) is 1. The van der Waals surface area contributed by atoms with Crippen molar-refractivity contribution in [3.63, 3.8) is 0 Å². The molecule has 0 atom stereocenters. The van der Waals surface area contributed by atoms with Gasteiger partial charge in [-0.2, -0.15) is 0 Å². The van der Waals surface area contributed by atoms with Crippen LogP contribution in [0, 0.1) is 0 Å². The van der Waals surface area contributed by atoms with Crippen LogP contribution in [0.3, 0.4) is 0 Å². The van der Waals surface area contributed by atoms with Crippen LogP contribution >= 0.6 is 0 Å². The Balaban J connectivity index is 1.54. The average molecular weight is 318 g/mol. The number of carbonyl (C=O) groups is 1. The van der Waals surface area contributed by atoms with Crippen LogP contribution in [0.15, 0.2) is 30.3 Å². The first kappa shape index (κ1) is 17.8. The Bertz CT molecular complexity index is 457. The number of nitrogens with one attached hydrogen (secondary N) is 1. The van der Waals surface area contributed by atoms with Crippen molar-refractivity contribution in [2.45, 2.75) is 19.4 Å². The Morgan fingerprint density at radius 2 is 1.83 bits per heavy atom. The minimum atomic E-state index is 0.00782. The molecule has 5 nitrogen and oxygen atoms in total. The van der Waals surface area contributed by atoms with Crippen LogP contribution in [-0.2, 0) is 6.54 Å². The number of amides is 2. The van der Waals surface area contributed by atoms with Gasteiger partial charge in [0, 0.05) is 46.3 Å². The zero-order chi connectivity index (χ0) is 16.5. The van der Waals surface area contributed by atoms with E-state index in [0.29, 0.717) is 6.54 Å². The van der Waals surface area contributed by atoms with Gasteiger partial charge in [-0.05, 0) is 32.0 Å². The van der Waals surface area contributed by atoms with E-state index in [-0.39, 0.29) is 6.03 Å². The third-order valence-electron chi connectivity index (χ3n) is 4.38. The minimum absolute atomic E-state index is 0.00782. The van der Waals surface area contributed by atoms with Gasteiger partial charge in [0.05, 0.1) is 0 Å². The maximum absolute atomic E-state index is 12.0. The number of urea groups is 1. The maximum Gasteiger partial charge on any atom is 0.317 e. The lowest BCUT2D eigenvalue weighted by atomic mass is 10.2.